The SMILES string of the molecule is CCC1CCC(=O)N(CCOc2ccc(C#N)cc2)CC1. The molecule has 1 atom stereocenters. The Hall–Kier alpha value is -2.02. The predicted molar refractivity (Wildman–Crippen MR) is 80.9 cm³/mol. The smallest absolute Gasteiger partial charge is 0.222 e. The Morgan fingerprint density at radius 3 is 2.76 bits per heavy atom. The number of nitrogens with zero attached hydrogens (tertiary/aromatic N) is 2. The van der Waals surface area contributed by atoms with Gasteiger partial charge in [0.25, 0.3) is 0 Å². The van der Waals surface area contributed by atoms with Crippen molar-refractivity contribution in [1.82, 2.24) is 4.90 Å². The molecule has 1 heterocycles. The van der Waals surface area contributed by atoms with Crippen LogP contribution in [0.15, 0.2) is 24.3 Å². The number of carbonyl (C=O) groups is 1. The van der Waals surface area contributed by atoms with E-state index in [0.717, 1.165) is 31.6 Å². The maximum atomic E-state index is 12.0. The number of hydrogen-bond donors (Lipinski definition) is 0. The van der Waals surface area contributed by atoms with Crippen molar-refractivity contribution in [3.63, 3.8) is 0 Å². The summed E-state index contributed by atoms with van der Waals surface area (Å²) in [6.45, 7) is 4.16. The number of rotatable bonds is 5. The minimum atomic E-state index is 0.245. The zero-order valence-electron chi connectivity index (χ0n) is 12.5. The second-order valence-corrected chi connectivity index (χ2v) is 5.47. The first-order valence-electron chi connectivity index (χ1n) is 7.63. The molecule has 2 rings (SSSR count). The number of benzene rings is 1. The molecule has 21 heavy (non-hydrogen) atoms. The minimum absolute atomic E-state index is 0.245. The Morgan fingerprint density at radius 2 is 2.10 bits per heavy atom. The van der Waals surface area contributed by atoms with Gasteiger partial charge < -0.3 is 9.64 Å². The molecule has 1 amide bonds. The number of carbonyl (C=O) groups excluding carboxylic acids is 1. The van der Waals surface area contributed by atoms with E-state index in [0.29, 0.717) is 31.1 Å². The third-order valence-corrected chi connectivity index (χ3v) is 4.12. The molecule has 1 aromatic carbocycles. The average Bonchev–Trinajstić information content (AvgIpc) is 2.70. The first kappa shape index (κ1) is 15.4. The van der Waals surface area contributed by atoms with E-state index in [1.54, 1.807) is 24.3 Å². The number of likely N-dealkylation sites (tertiary alicyclic amines) is 1. The molecule has 0 radical (unpaired) electrons. The van der Waals surface area contributed by atoms with Crippen LogP contribution >= 0.6 is 0 Å². The highest BCUT2D eigenvalue weighted by atomic mass is 16.5. The van der Waals surface area contributed by atoms with Crippen LogP contribution in [0.1, 0.15) is 38.2 Å². The van der Waals surface area contributed by atoms with Crippen LogP contribution in [0, 0.1) is 17.2 Å². The summed E-state index contributed by atoms with van der Waals surface area (Å²) in [5, 5.41) is 8.74. The van der Waals surface area contributed by atoms with Crippen molar-refractivity contribution in [2.45, 2.75) is 32.6 Å². The molecule has 0 bridgehead atoms. The molecule has 1 aliphatic rings. The molecule has 0 saturated carbocycles. The number of nitriles is 1. The Bertz CT molecular complexity index is 505. The molecule has 0 N–H and O–H groups in total. The van der Waals surface area contributed by atoms with Crippen molar-refractivity contribution in [2.75, 3.05) is 19.7 Å². The first-order chi connectivity index (χ1) is 10.2. The van der Waals surface area contributed by atoms with Gasteiger partial charge in [0.2, 0.25) is 5.91 Å². The molecule has 112 valence electrons. The van der Waals surface area contributed by atoms with Gasteiger partial charge in [0.05, 0.1) is 18.2 Å². The van der Waals surface area contributed by atoms with Crippen LogP contribution in [0.3, 0.4) is 0 Å². The van der Waals surface area contributed by atoms with E-state index in [9.17, 15) is 4.79 Å². The van der Waals surface area contributed by atoms with Crippen LogP contribution in [-0.2, 0) is 4.79 Å². The Morgan fingerprint density at radius 1 is 1.33 bits per heavy atom. The van der Waals surface area contributed by atoms with Crippen LogP contribution in [0.4, 0.5) is 0 Å². The molecule has 1 aliphatic heterocycles. The van der Waals surface area contributed by atoms with Gasteiger partial charge in [-0.05, 0) is 43.0 Å². The van der Waals surface area contributed by atoms with Gasteiger partial charge in [0.1, 0.15) is 12.4 Å². The van der Waals surface area contributed by atoms with Gasteiger partial charge in [-0.2, -0.15) is 5.26 Å². The normalized spacial score (nSPS) is 19.0. The summed E-state index contributed by atoms with van der Waals surface area (Å²) in [4.78, 5) is 14.0. The van der Waals surface area contributed by atoms with Gasteiger partial charge >= 0.3 is 0 Å². The van der Waals surface area contributed by atoms with E-state index >= 15 is 0 Å². The van der Waals surface area contributed by atoms with E-state index in [1.807, 2.05) is 4.90 Å². The number of amides is 1. The van der Waals surface area contributed by atoms with Crippen LogP contribution < -0.4 is 4.74 Å². The summed E-state index contributed by atoms with van der Waals surface area (Å²) in [5.41, 5.74) is 0.621. The molecule has 4 heteroatoms. The van der Waals surface area contributed by atoms with E-state index in [1.165, 1.54) is 0 Å². The van der Waals surface area contributed by atoms with Crippen molar-refractivity contribution in [3.05, 3.63) is 29.8 Å². The van der Waals surface area contributed by atoms with E-state index < -0.39 is 0 Å². The van der Waals surface area contributed by atoms with E-state index in [2.05, 4.69) is 13.0 Å². The summed E-state index contributed by atoms with van der Waals surface area (Å²) in [7, 11) is 0. The molecule has 0 spiro atoms. The summed E-state index contributed by atoms with van der Waals surface area (Å²) < 4.78 is 5.65. The van der Waals surface area contributed by atoms with Crippen molar-refractivity contribution in [1.29, 1.82) is 5.26 Å². The van der Waals surface area contributed by atoms with E-state index in [4.69, 9.17) is 10.00 Å². The lowest BCUT2D eigenvalue weighted by Crippen LogP contribution is -2.34. The summed E-state index contributed by atoms with van der Waals surface area (Å²) in [6, 6.07) is 9.12. The largest absolute Gasteiger partial charge is 0.492 e. The molecule has 1 saturated heterocycles. The van der Waals surface area contributed by atoms with Crippen LogP contribution in [0.2, 0.25) is 0 Å². The maximum absolute atomic E-state index is 12.0. The topological polar surface area (TPSA) is 53.3 Å². The van der Waals surface area contributed by atoms with Gasteiger partial charge in [-0.1, -0.05) is 13.3 Å². The van der Waals surface area contributed by atoms with Crippen LogP contribution in [0.5, 0.6) is 5.75 Å². The van der Waals surface area contributed by atoms with Gasteiger partial charge in [-0.3, -0.25) is 4.79 Å². The Labute approximate surface area is 126 Å². The zero-order valence-corrected chi connectivity index (χ0v) is 12.5. The third-order valence-electron chi connectivity index (χ3n) is 4.12. The summed E-state index contributed by atoms with van der Waals surface area (Å²) in [6.07, 6.45) is 3.93. The number of ether oxygens (including phenoxy) is 1. The molecule has 0 aromatic heterocycles. The Kier molecular flexibility index (Phi) is 5.62. The molecule has 1 fully saturated rings. The standard InChI is InChI=1S/C17H22N2O2/c1-2-14-5-8-17(20)19(10-9-14)11-12-21-16-6-3-15(13-18)4-7-16/h3-4,6-7,14H,2,5,8-12H2,1H3. The summed E-state index contributed by atoms with van der Waals surface area (Å²) in [5.74, 6) is 1.66. The molecule has 0 aliphatic carbocycles. The van der Waals surface area contributed by atoms with Crippen molar-refractivity contribution in [3.8, 4) is 11.8 Å². The molecule has 1 unspecified atom stereocenters. The van der Waals surface area contributed by atoms with Crippen LogP contribution in [0.25, 0.3) is 0 Å². The Balaban J connectivity index is 1.79. The quantitative estimate of drug-likeness (QED) is 0.836. The average molecular weight is 286 g/mol. The molecule has 4 nitrogen and oxygen atoms in total. The maximum Gasteiger partial charge on any atom is 0.222 e. The van der Waals surface area contributed by atoms with Gasteiger partial charge in [0.15, 0.2) is 0 Å². The predicted octanol–water partition coefficient (Wildman–Crippen LogP) is 2.98. The van der Waals surface area contributed by atoms with Crippen molar-refractivity contribution < 1.29 is 9.53 Å². The fourth-order valence-electron chi connectivity index (χ4n) is 2.64. The third kappa shape index (κ3) is 4.49. The molecular formula is C17H22N2O2. The lowest BCUT2D eigenvalue weighted by atomic mass is 9.98. The monoisotopic (exact) mass is 286 g/mol. The van der Waals surface area contributed by atoms with Crippen molar-refractivity contribution >= 4 is 5.91 Å². The fraction of sp³-hybridized carbons (Fsp3) is 0.529. The first-order valence-corrected chi connectivity index (χ1v) is 7.63. The molecular weight excluding hydrogens is 264 g/mol. The van der Waals surface area contributed by atoms with Gasteiger partial charge in [0, 0.05) is 13.0 Å². The summed E-state index contributed by atoms with van der Waals surface area (Å²) >= 11 is 0. The van der Waals surface area contributed by atoms with E-state index in [-0.39, 0.29) is 5.91 Å². The highest BCUT2D eigenvalue weighted by molar-refractivity contribution is 5.76. The lowest BCUT2D eigenvalue weighted by molar-refractivity contribution is -0.131. The minimum Gasteiger partial charge on any atom is -0.492 e. The highest BCUT2D eigenvalue weighted by Crippen LogP contribution is 2.21. The fourth-order valence-corrected chi connectivity index (χ4v) is 2.64. The second-order valence-electron chi connectivity index (χ2n) is 5.47. The lowest BCUT2D eigenvalue weighted by Gasteiger charge is -2.20. The highest BCUT2D eigenvalue weighted by Gasteiger charge is 2.21. The van der Waals surface area contributed by atoms with Gasteiger partial charge in [-0.15, -0.1) is 0 Å². The molecule has 1 aromatic rings. The van der Waals surface area contributed by atoms with Crippen molar-refractivity contribution in [2.24, 2.45) is 5.92 Å². The number of hydrogen-bond acceptors (Lipinski definition) is 3. The zero-order chi connectivity index (χ0) is 15.1. The van der Waals surface area contributed by atoms with Crippen LogP contribution in [-0.4, -0.2) is 30.5 Å². The second kappa shape index (κ2) is 7.68. The van der Waals surface area contributed by atoms with Gasteiger partial charge in [-0.25, -0.2) is 0 Å².